The van der Waals surface area contributed by atoms with Crippen LogP contribution in [0.3, 0.4) is 0 Å². The molecule has 0 fully saturated rings. The Labute approximate surface area is 215 Å². The van der Waals surface area contributed by atoms with Crippen LogP contribution < -0.4 is 16.0 Å². The third-order valence-electron chi connectivity index (χ3n) is 5.00. The van der Waals surface area contributed by atoms with Crippen LogP contribution in [0.2, 0.25) is 5.02 Å². The van der Waals surface area contributed by atoms with Gasteiger partial charge in [-0.15, -0.1) is 11.8 Å². The third kappa shape index (κ3) is 8.96. The van der Waals surface area contributed by atoms with E-state index in [1.165, 1.54) is 11.1 Å². The number of ether oxygens (including phenoxy) is 1. The molecule has 1 unspecified atom stereocenters. The fourth-order valence-electron chi connectivity index (χ4n) is 3.22. The van der Waals surface area contributed by atoms with E-state index in [9.17, 15) is 9.59 Å². The number of halogens is 1. The number of thioether (sulfide) groups is 1. The summed E-state index contributed by atoms with van der Waals surface area (Å²) in [5, 5.41) is 13.7. The maximum atomic E-state index is 13.1. The monoisotopic (exact) mass is 514 g/mol. The minimum Gasteiger partial charge on any atom is -0.444 e. The van der Waals surface area contributed by atoms with Gasteiger partial charge in [0, 0.05) is 11.6 Å². The maximum Gasteiger partial charge on any atom is 0.408 e. The first kappa shape index (κ1) is 26.6. The second-order valence-corrected chi connectivity index (χ2v) is 10.5. The van der Waals surface area contributed by atoms with Gasteiger partial charge in [-0.3, -0.25) is 4.79 Å². The van der Waals surface area contributed by atoms with Crippen LogP contribution in [0.25, 0.3) is 0 Å². The molecule has 1 atom stereocenters. The van der Waals surface area contributed by atoms with Crippen LogP contribution in [-0.2, 0) is 9.53 Å². The Kier molecular flexibility index (Phi) is 9.23. The predicted octanol–water partition coefficient (Wildman–Crippen LogP) is 6.67. The van der Waals surface area contributed by atoms with E-state index in [-0.39, 0.29) is 0 Å². The standard InChI is InChI=1S/C26H31ClN4O3S/c1-17-5-6-18(16-35-15-17)13-28-22-12-11-21(14-29-22)30-24(32)23(19-7-9-20(27)10-8-19)31-25(33)34-26(2,3)4/h7-12,14-16,23H,5-6,13H2,1-4H3,(H,28,29)(H,30,32)(H,31,33). The van der Waals surface area contributed by atoms with E-state index in [2.05, 4.69) is 38.7 Å². The second kappa shape index (κ2) is 12.1. The molecule has 0 radical (unpaired) electrons. The molecule has 186 valence electrons. The van der Waals surface area contributed by atoms with E-state index in [1.54, 1.807) is 69.1 Å². The molecule has 35 heavy (non-hydrogen) atoms. The highest BCUT2D eigenvalue weighted by atomic mass is 35.5. The molecule has 0 bridgehead atoms. The molecule has 7 nitrogen and oxygen atoms in total. The Morgan fingerprint density at radius 2 is 1.86 bits per heavy atom. The van der Waals surface area contributed by atoms with Gasteiger partial charge in [-0.2, -0.15) is 0 Å². The number of amides is 2. The fourth-order valence-corrected chi connectivity index (χ4v) is 4.16. The summed E-state index contributed by atoms with van der Waals surface area (Å²) in [5.41, 5.74) is 3.09. The van der Waals surface area contributed by atoms with E-state index < -0.39 is 23.6 Å². The summed E-state index contributed by atoms with van der Waals surface area (Å²) in [4.78, 5) is 29.9. The number of anilines is 2. The van der Waals surface area contributed by atoms with Crippen molar-refractivity contribution >= 4 is 46.9 Å². The van der Waals surface area contributed by atoms with Gasteiger partial charge in [0.2, 0.25) is 0 Å². The zero-order valence-corrected chi connectivity index (χ0v) is 21.9. The number of aromatic nitrogens is 1. The number of nitrogens with one attached hydrogen (secondary N) is 3. The van der Waals surface area contributed by atoms with Crippen molar-refractivity contribution in [3.05, 3.63) is 75.1 Å². The van der Waals surface area contributed by atoms with Crippen molar-refractivity contribution in [3.8, 4) is 0 Å². The van der Waals surface area contributed by atoms with Crippen LogP contribution in [0.5, 0.6) is 0 Å². The molecule has 1 aliphatic heterocycles. The SMILES string of the molecule is CC1=CSC=C(CNc2ccc(NC(=O)C(NC(=O)OC(C)(C)C)c3ccc(Cl)cc3)cn2)CC1. The van der Waals surface area contributed by atoms with Gasteiger partial charge in [0.1, 0.15) is 17.5 Å². The number of carbonyl (C=O) groups excluding carboxylic acids is 2. The van der Waals surface area contributed by atoms with E-state index in [0.29, 0.717) is 28.6 Å². The second-order valence-electron chi connectivity index (χ2n) is 9.28. The number of nitrogens with zero attached hydrogens (tertiary/aromatic N) is 1. The molecule has 0 saturated carbocycles. The largest absolute Gasteiger partial charge is 0.444 e. The average Bonchev–Trinajstić information content (AvgIpc) is 3.00. The number of benzene rings is 1. The normalized spacial score (nSPS) is 14.7. The Morgan fingerprint density at radius 3 is 2.51 bits per heavy atom. The minimum absolute atomic E-state index is 0.427. The Bertz CT molecular complexity index is 1090. The van der Waals surface area contributed by atoms with Crippen LogP contribution in [-0.4, -0.2) is 29.1 Å². The molecular formula is C26H31ClN4O3S. The zero-order valence-electron chi connectivity index (χ0n) is 20.4. The molecule has 2 heterocycles. The van der Waals surface area contributed by atoms with Crippen molar-refractivity contribution in [2.75, 3.05) is 17.2 Å². The first-order chi connectivity index (χ1) is 16.6. The van der Waals surface area contributed by atoms with E-state index >= 15 is 0 Å². The maximum absolute atomic E-state index is 13.1. The summed E-state index contributed by atoms with van der Waals surface area (Å²) in [7, 11) is 0. The van der Waals surface area contributed by atoms with Crippen molar-refractivity contribution in [2.45, 2.75) is 52.2 Å². The zero-order chi connectivity index (χ0) is 25.4. The van der Waals surface area contributed by atoms with Crippen molar-refractivity contribution in [1.29, 1.82) is 0 Å². The van der Waals surface area contributed by atoms with E-state index in [1.807, 2.05) is 6.07 Å². The Balaban J connectivity index is 1.63. The molecule has 0 saturated heterocycles. The molecule has 3 N–H and O–H groups in total. The van der Waals surface area contributed by atoms with E-state index in [4.69, 9.17) is 16.3 Å². The molecular weight excluding hydrogens is 484 g/mol. The average molecular weight is 515 g/mol. The molecule has 1 aliphatic rings. The lowest BCUT2D eigenvalue weighted by atomic mass is 10.1. The van der Waals surface area contributed by atoms with Crippen LogP contribution >= 0.6 is 23.4 Å². The number of allylic oxidation sites excluding steroid dienone is 1. The highest BCUT2D eigenvalue weighted by molar-refractivity contribution is 8.04. The molecule has 0 spiro atoms. The smallest absolute Gasteiger partial charge is 0.408 e. The van der Waals surface area contributed by atoms with Gasteiger partial charge in [0.15, 0.2) is 0 Å². The number of pyridine rings is 1. The van der Waals surface area contributed by atoms with Crippen molar-refractivity contribution in [2.24, 2.45) is 0 Å². The number of hydrogen-bond acceptors (Lipinski definition) is 6. The summed E-state index contributed by atoms with van der Waals surface area (Å²) in [6, 6.07) is 9.30. The summed E-state index contributed by atoms with van der Waals surface area (Å²) < 4.78 is 5.33. The molecule has 2 aromatic rings. The molecule has 1 aromatic heterocycles. The molecule has 1 aromatic carbocycles. The van der Waals surface area contributed by atoms with Crippen molar-refractivity contribution in [1.82, 2.24) is 10.3 Å². The lowest BCUT2D eigenvalue weighted by molar-refractivity contribution is -0.118. The number of hydrogen-bond donors (Lipinski definition) is 3. The van der Waals surface area contributed by atoms with Gasteiger partial charge >= 0.3 is 6.09 Å². The number of carbonyl (C=O) groups is 2. The molecule has 9 heteroatoms. The first-order valence-corrected chi connectivity index (χ1v) is 12.7. The lowest BCUT2D eigenvalue weighted by Gasteiger charge is -2.23. The van der Waals surface area contributed by atoms with Gasteiger partial charge in [-0.1, -0.05) is 29.3 Å². The number of alkyl carbamates (subject to hydrolysis) is 1. The Hall–Kier alpha value is -2.97. The van der Waals surface area contributed by atoms with Crippen LogP contribution in [0.1, 0.15) is 52.1 Å². The fraction of sp³-hybridized carbons (Fsp3) is 0.346. The van der Waals surface area contributed by atoms with Crippen LogP contribution in [0.15, 0.2) is 64.6 Å². The van der Waals surface area contributed by atoms with Crippen LogP contribution in [0, 0.1) is 0 Å². The quantitative estimate of drug-likeness (QED) is 0.382. The summed E-state index contributed by atoms with van der Waals surface area (Å²) in [6.07, 6.45) is 2.97. The van der Waals surface area contributed by atoms with Crippen LogP contribution in [0.4, 0.5) is 16.3 Å². The van der Waals surface area contributed by atoms with Crippen molar-refractivity contribution in [3.63, 3.8) is 0 Å². The Morgan fingerprint density at radius 1 is 1.11 bits per heavy atom. The lowest BCUT2D eigenvalue weighted by Crippen LogP contribution is -2.40. The highest BCUT2D eigenvalue weighted by Crippen LogP contribution is 2.24. The van der Waals surface area contributed by atoms with E-state index in [0.717, 1.165) is 12.8 Å². The summed E-state index contributed by atoms with van der Waals surface area (Å²) >= 11 is 7.70. The van der Waals surface area contributed by atoms with Gasteiger partial charge in [-0.25, -0.2) is 9.78 Å². The topological polar surface area (TPSA) is 92.3 Å². The van der Waals surface area contributed by atoms with Gasteiger partial charge < -0.3 is 20.7 Å². The number of rotatable bonds is 7. The molecule has 0 aliphatic carbocycles. The first-order valence-electron chi connectivity index (χ1n) is 11.3. The van der Waals surface area contributed by atoms with Crippen molar-refractivity contribution < 1.29 is 14.3 Å². The summed E-state index contributed by atoms with van der Waals surface area (Å²) in [5.74, 6) is 0.285. The summed E-state index contributed by atoms with van der Waals surface area (Å²) in [6.45, 7) is 8.13. The molecule has 2 amide bonds. The van der Waals surface area contributed by atoms with Gasteiger partial charge in [-0.05, 0) is 86.8 Å². The third-order valence-corrected chi connectivity index (χ3v) is 6.26. The molecule has 3 rings (SSSR count). The van der Waals surface area contributed by atoms with Gasteiger partial charge in [0.05, 0.1) is 11.9 Å². The minimum atomic E-state index is -0.975. The predicted molar refractivity (Wildman–Crippen MR) is 144 cm³/mol. The van der Waals surface area contributed by atoms with Gasteiger partial charge in [0.25, 0.3) is 5.91 Å². The highest BCUT2D eigenvalue weighted by Gasteiger charge is 2.26.